The molecule has 0 atom stereocenters. The Morgan fingerprint density at radius 2 is 2.00 bits per heavy atom. The van der Waals surface area contributed by atoms with Crippen LogP contribution in [0.5, 0.6) is 5.75 Å². The van der Waals surface area contributed by atoms with Crippen molar-refractivity contribution < 1.29 is 27.0 Å². The molecule has 0 saturated heterocycles. The van der Waals surface area contributed by atoms with Crippen LogP contribution < -0.4 is 14.8 Å². The fraction of sp³-hybridized carbons (Fsp3) is 0.227. The summed E-state index contributed by atoms with van der Waals surface area (Å²) in [5, 5.41) is 20.2. The third kappa shape index (κ3) is 5.59. The molecule has 1 heterocycles. The second-order valence-corrected chi connectivity index (χ2v) is 9.57. The molecule has 1 saturated carbocycles. The first-order chi connectivity index (χ1) is 16.7. The van der Waals surface area contributed by atoms with E-state index in [9.17, 15) is 17.9 Å². The Bertz CT molecular complexity index is 1440. The van der Waals surface area contributed by atoms with Gasteiger partial charge in [0.2, 0.25) is 5.95 Å². The van der Waals surface area contributed by atoms with Crippen molar-refractivity contribution in [3.8, 4) is 17.6 Å². The summed E-state index contributed by atoms with van der Waals surface area (Å²) in [6, 6.07) is 4.52. The highest BCUT2D eigenvalue weighted by atomic mass is 35.5. The summed E-state index contributed by atoms with van der Waals surface area (Å²) < 4.78 is 62.5. The maximum atomic E-state index is 15.1. The van der Waals surface area contributed by atoms with Crippen molar-refractivity contribution in [2.75, 3.05) is 17.1 Å². The average molecular weight is 522 g/mol. The molecule has 9 nitrogen and oxygen atoms in total. The van der Waals surface area contributed by atoms with E-state index >= 15 is 4.39 Å². The molecule has 0 bridgehead atoms. The molecule has 4 rings (SSSR count). The number of benzene rings is 2. The number of sulfonamides is 1. The van der Waals surface area contributed by atoms with Crippen LogP contribution in [0, 0.1) is 23.5 Å². The van der Waals surface area contributed by atoms with Crippen molar-refractivity contribution in [2.24, 2.45) is 0 Å². The number of nitrogens with one attached hydrogen (secondary N) is 2. The molecule has 0 radical (unpaired) electrons. The molecule has 1 aliphatic rings. The predicted molar refractivity (Wildman–Crippen MR) is 124 cm³/mol. The van der Waals surface area contributed by atoms with E-state index in [1.54, 1.807) is 0 Å². The molecule has 0 unspecified atom stereocenters. The maximum Gasteiger partial charge on any atom is 0.265 e. The lowest BCUT2D eigenvalue weighted by molar-refractivity contribution is 0.272. The zero-order chi connectivity index (χ0) is 25.2. The molecule has 0 aliphatic heterocycles. The number of hydrogen-bond acceptors (Lipinski definition) is 8. The van der Waals surface area contributed by atoms with E-state index in [2.05, 4.69) is 32.3 Å². The van der Waals surface area contributed by atoms with Crippen molar-refractivity contribution in [1.82, 2.24) is 15.2 Å². The first-order valence-electron chi connectivity index (χ1n) is 10.2. The second kappa shape index (κ2) is 9.99. The Morgan fingerprint density at radius 1 is 1.23 bits per heavy atom. The number of rotatable bonds is 7. The minimum Gasteiger partial charge on any atom is -0.495 e. The average Bonchev–Trinajstić information content (AvgIpc) is 3.65. The van der Waals surface area contributed by atoms with Crippen LogP contribution in [0.15, 0.2) is 35.4 Å². The van der Waals surface area contributed by atoms with Gasteiger partial charge in [-0.2, -0.15) is 0 Å². The number of ether oxygens (including phenoxy) is 1. The Balaban J connectivity index is 1.64. The molecule has 0 spiro atoms. The summed E-state index contributed by atoms with van der Waals surface area (Å²) >= 11 is 5.96. The zero-order valence-electron chi connectivity index (χ0n) is 18.1. The highest BCUT2D eigenvalue weighted by Crippen LogP contribution is 2.34. The van der Waals surface area contributed by atoms with E-state index in [0.717, 1.165) is 31.0 Å². The minimum atomic E-state index is -4.46. The summed E-state index contributed by atoms with van der Waals surface area (Å²) in [5.74, 6) is 2.69. The lowest BCUT2D eigenvalue weighted by Crippen LogP contribution is -2.16. The number of aromatic nitrogens is 3. The molecular formula is C22H18ClF2N5O4S. The van der Waals surface area contributed by atoms with Gasteiger partial charge in [-0.3, -0.25) is 4.72 Å². The van der Waals surface area contributed by atoms with Crippen LogP contribution in [0.25, 0.3) is 0 Å². The van der Waals surface area contributed by atoms with Crippen LogP contribution in [0.3, 0.4) is 0 Å². The van der Waals surface area contributed by atoms with Gasteiger partial charge in [0.1, 0.15) is 16.5 Å². The molecule has 182 valence electrons. The molecular weight excluding hydrogens is 504 g/mol. The SMILES string of the molecule is COc1c(CO)cc(Cl)cc1S(=O)(=O)Nc1ccc(F)c(C#Cc2cnc(NC3CC3)nn2)c1F. The number of aliphatic hydroxyl groups is 1. The smallest absolute Gasteiger partial charge is 0.265 e. The maximum absolute atomic E-state index is 15.1. The van der Waals surface area contributed by atoms with E-state index in [4.69, 9.17) is 16.3 Å². The molecule has 1 fully saturated rings. The van der Waals surface area contributed by atoms with Gasteiger partial charge in [0.05, 0.1) is 31.2 Å². The summed E-state index contributed by atoms with van der Waals surface area (Å²) in [6.45, 7) is -0.549. The van der Waals surface area contributed by atoms with Crippen LogP contribution in [0.1, 0.15) is 29.7 Å². The fourth-order valence-corrected chi connectivity index (χ4v) is 4.66. The van der Waals surface area contributed by atoms with Crippen LogP contribution in [-0.4, -0.2) is 41.9 Å². The number of nitrogens with zero attached hydrogens (tertiary/aromatic N) is 3. The fourth-order valence-electron chi connectivity index (χ4n) is 3.05. The van der Waals surface area contributed by atoms with E-state index in [-0.39, 0.29) is 22.0 Å². The molecule has 13 heteroatoms. The van der Waals surface area contributed by atoms with Crippen molar-refractivity contribution in [1.29, 1.82) is 0 Å². The van der Waals surface area contributed by atoms with Crippen molar-refractivity contribution >= 4 is 33.3 Å². The number of aliphatic hydroxyl groups excluding tert-OH is 1. The standard InChI is InChI=1S/C22H18ClF2N5O4S/c1-34-21-12(11-31)8-13(23)9-19(21)35(32,33)30-18-7-6-17(24)16(20(18)25)5-4-15-10-26-22(29-28-15)27-14-2-3-14/h6-10,14,30-31H,2-3,11H2,1H3,(H,26,27,29). The Kier molecular flexibility index (Phi) is 7.02. The van der Waals surface area contributed by atoms with Crippen molar-refractivity contribution in [3.05, 3.63) is 63.9 Å². The zero-order valence-corrected chi connectivity index (χ0v) is 19.7. The van der Waals surface area contributed by atoms with Gasteiger partial charge in [-0.15, -0.1) is 10.2 Å². The van der Waals surface area contributed by atoms with Gasteiger partial charge in [-0.25, -0.2) is 22.2 Å². The third-order valence-electron chi connectivity index (χ3n) is 4.88. The monoisotopic (exact) mass is 521 g/mol. The lowest BCUT2D eigenvalue weighted by atomic mass is 10.1. The Labute approximate surface area is 204 Å². The molecule has 3 N–H and O–H groups in total. The van der Waals surface area contributed by atoms with E-state index in [0.29, 0.717) is 12.0 Å². The summed E-state index contributed by atoms with van der Waals surface area (Å²) in [5.41, 5.74) is -1.06. The lowest BCUT2D eigenvalue weighted by Gasteiger charge is -2.15. The number of anilines is 2. The van der Waals surface area contributed by atoms with Crippen molar-refractivity contribution in [3.63, 3.8) is 0 Å². The summed E-state index contributed by atoms with van der Waals surface area (Å²) in [4.78, 5) is 3.61. The van der Waals surface area contributed by atoms with Crippen LogP contribution in [-0.2, 0) is 16.6 Å². The number of hydrogen-bond donors (Lipinski definition) is 3. The Hall–Kier alpha value is -3.53. The van der Waals surface area contributed by atoms with E-state index < -0.39 is 44.4 Å². The first-order valence-corrected chi connectivity index (χ1v) is 12.0. The van der Waals surface area contributed by atoms with Crippen LogP contribution in [0.4, 0.5) is 20.4 Å². The van der Waals surface area contributed by atoms with Crippen LogP contribution in [0.2, 0.25) is 5.02 Å². The topological polar surface area (TPSA) is 126 Å². The molecule has 1 aromatic heterocycles. The molecule has 2 aromatic carbocycles. The van der Waals surface area contributed by atoms with E-state index in [1.807, 2.05) is 4.72 Å². The molecule has 1 aliphatic carbocycles. The van der Waals surface area contributed by atoms with E-state index in [1.165, 1.54) is 19.4 Å². The van der Waals surface area contributed by atoms with Gasteiger partial charge < -0.3 is 15.2 Å². The summed E-state index contributed by atoms with van der Waals surface area (Å²) in [6.07, 6.45) is 3.35. The second-order valence-electron chi connectivity index (χ2n) is 7.48. The number of halogens is 3. The highest BCUT2D eigenvalue weighted by molar-refractivity contribution is 7.92. The predicted octanol–water partition coefficient (Wildman–Crippen LogP) is 3.08. The summed E-state index contributed by atoms with van der Waals surface area (Å²) in [7, 11) is -3.25. The van der Waals surface area contributed by atoms with Gasteiger partial charge in [0.25, 0.3) is 10.0 Å². The minimum absolute atomic E-state index is 0.00873. The first kappa shape index (κ1) is 24.6. The Morgan fingerprint density at radius 3 is 2.63 bits per heavy atom. The molecule has 35 heavy (non-hydrogen) atoms. The van der Waals surface area contributed by atoms with Crippen LogP contribution >= 0.6 is 11.6 Å². The molecule has 3 aromatic rings. The molecule has 0 amide bonds. The van der Waals surface area contributed by atoms with Gasteiger partial charge >= 0.3 is 0 Å². The quantitative estimate of drug-likeness (QED) is 0.405. The third-order valence-corrected chi connectivity index (χ3v) is 6.47. The van der Waals surface area contributed by atoms with Gasteiger partial charge in [-0.05, 0) is 43.0 Å². The largest absolute Gasteiger partial charge is 0.495 e. The highest BCUT2D eigenvalue weighted by Gasteiger charge is 2.25. The van der Waals surface area contributed by atoms with Gasteiger partial charge in [0, 0.05) is 16.6 Å². The number of methoxy groups -OCH3 is 1. The van der Waals surface area contributed by atoms with Gasteiger partial charge in [-0.1, -0.05) is 17.5 Å². The normalized spacial score (nSPS) is 13.1. The van der Waals surface area contributed by atoms with Gasteiger partial charge in [0.15, 0.2) is 11.5 Å². The van der Waals surface area contributed by atoms with Crippen molar-refractivity contribution in [2.45, 2.75) is 30.4 Å².